The van der Waals surface area contributed by atoms with Crippen LogP contribution < -0.4 is 11.1 Å². The van der Waals surface area contributed by atoms with E-state index >= 15 is 0 Å². The van der Waals surface area contributed by atoms with E-state index in [2.05, 4.69) is 19.2 Å². The maximum Gasteiger partial charge on any atom is 0.228 e. The number of nitrogens with two attached hydrogens (primary N) is 1. The van der Waals surface area contributed by atoms with Gasteiger partial charge in [-0.1, -0.05) is 32.0 Å². The minimum atomic E-state index is -0.0706. The Kier molecular flexibility index (Phi) is 2.96. The van der Waals surface area contributed by atoms with Crippen molar-refractivity contribution in [3.63, 3.8) is 0 Å². The third-order valence-corrected chi connectivity index (χ3v) is 3.54. The van der Waals surface area contributed by atoms with Gasteiger partial charge in [0.25, 0.3) is 0 Å². The Balaban J connectivity index is 2.11. The molecular formula is C14H20N2O. The number of para-hydroxylation sites is 1. The fourth-order valence-electron chi connectivity index (χ4n) is 2.14. The van der Waals surface area contributed by atoms with Crippen molar-refractivity contribution in [1.82, 2.24) is 0 Å². The van der Waals surface area contributed by atoms with Gasteiger partial charge in [0, 0.05) is 17.6 Å². The van der Waals surface area contributed by atoms with Crippen LogP contribution in [0.2, 0.25) is 0 Å². The van der Waals surface area contributed by atoms with Gasteiger partial charge in [0.05, 0.1) is 0 Å². The van der Waals surface area contributed by atoms with Crippen molar-refractivity contribution < 1.29 is 4.79 Å². The second-order valence-corrected chi connectivity index (χ2v) is 5.61. The van der Waals surface area contributed by atoms with Crippen LogP contribution in [0.4, 0.5) is 5.69 Å². The normalized spacial score (nSPS) is 22.9. The zero-order valence-corrected chi connectivity index (χ0v) is 10.7. The first-order chi connectivity index (χ1) is 7.92. The standard InChI is InChI=1S/C14H20N2O/c1-9(15)10-6-4-5-7-12(10)16-13(17)11-8-14(11,2)3/h4-7,9,11H,8,15H2,1-3H3,(H,16,17). The van der Waals surface area contributed by atoms with Crippen molar-refractivity contribution in [3.8, 4) is 0 Å². The molecule has 3 N–H and O–H groups in total. The molecule has 92 valence electrons. The quantitative estimate of drug-likeness (QED) is 0.841. The lowest BCUT2D eigenvalue weighted by molar-refractivity contribution is -0.118. The lowest BCUT2D eigenvalue weighted by Crippen LogP contribution is -2.19. The molecular weight excluding hydrogens is 212 g/mol. The topological polar surface area (TPSA) is 55.1 Å². The molecule has 2 rings (SSSR count). The second-order valence-electron chi connectivity index (χ2n) is 5.61. The van der Waals surface area contributed by atoms with Crippen molar-refractivity contribution in [2.45, 2.75) is 33.2 Å². The third-order valence-electron chi connectivity index (χ3n) is 3.54. The Hall–Kier alpha value is -1.35. The van der Waals surface area contributed by atoms with Crippen LogP contribution in [-0.4, -0.2) is 5.91 Å². The average molecular weight is 232 g/mol. The fraction of sp³-hybridized carbons (Fsp3) is 0.500. The molecule has 0 aromatic heterocycles. The first kappa shape index (κ1) is 12.1. The zero-order valence-electron chi connectivity index (χ0n) is 10.7. The van der Waals surface area contributed by atoms with Gasteiger partial charge in [-0.05, 0) is 30.4 Å². The Labute approximate surface area is 102 Å². The van der Waals surface area contributed by atoms with Crippen LogP contribution >= 0.6 is 0 Å². The van der Waals surface area contributed by atoms with Gasteiger partial charge in [-0.2, -0.15) is 0 Å². The third kappa shape index (κ3) is 2.50. The van der Waals surface area contributed by atoms with E-state index in [0.717, 1.165) is 17.7 Å². The molecule has 2 unspecified atom stereocenters. The smallest absolute Gasteiger partial charge is 0.228 e. The molecule has 0 spiro atoms. The molecule has 0 aliphatic heterocycles. The molecule has 3 heteroatoms. The molecule has 1 aliphatic rings. The van der Waals surface area contributed by atoms with E-state index < -0.39 is 0 Å². The molecule has 0 heterocycles. The second kappa shape index (κ2) is 4.15. The highest BCUT2D eigenvalue weighted by molar-refractivity contribution is 5.95. The van der Waals surface area contributed by atoms with E-state index in [0.29, 0.717) is 0 Å². The summed E-state index contributed by atoms with van der Waals surface area (Å²) in [6.07, 6.45) is 0.971. The maximum absolute atomic E-state index is 12.0. The van der Waals surface area contributed by atoms with E-state index in [1.807, 2.05) is 31.2 Å². The molecule has 0 bridgehead atoms. The summed E-state index contributed by atoms with van der Waals surface area (Å²) in [6.45, 7) is 6.16. The molecule has 3 nitrogen and oxygen atoms in total. The van der Waals surface area contributed by atoms with E-state index in [9.17, 15) is 4.79 Å². The summed E-state index contributed by atoms with van der Waals surface area (Å²) < 4.78 is 0. The van der Waals surface area contributed by atoms with Crippen LogP contribution in [0.3, 0.4) is 0 Å². The Morgan fingerprint density at radius 1 is 1.47 bits per heavy atom. The number of benzene rings is 1. The zero-order chi connectivity index (χ0) is 12.6. The van der Waals surface area contributed by atoms with Gasteiger partial charge >= 0.3 is 0 Å². The van der Waals surface area contributed by atoms with Crippen molar-refractivity contribution in [3.05, 3.63) is 29.8 Å². The fourth-order valence-corrected chi connectivity index (χ4v) is 2.14. The lowest BCUT2D eigenvalue weighted by Gasteiger charge is -2.14. The molecule has 0 radical (unpaired) electrons. The summed E-state index contributed by atoms with van der Waals surface area (Å²) in [5.74, 6) is 0.256. The predicted molar refractivity (Wildman–Crippen MR) is 69.6 cm³/mol. The van der Waals surface area contributed by atoms with Gasteiger partial charge < -0.3 is 11.1 Å². The van der Waals surface area contributed by atoms with Crippen LogP contribution in [0, 0.1) is 11.3 Å². The van der Waals surface area contributed by atoms with Crippen LogP contribution in [0.5, 0.6) is 0 Å². The molecule has 17 heavy (non-hydrogen) atoms. The van der Waals surface area contributed by atoms with Gasteiger partial charge in [0.1, 0.15) is 0 Å². The minimum Gasteiger partial charge on any atom is -0.326 e. The molecule has 1 aromatic rings. The molecule has 1 amide bonds. The van der Waals surface area contributed by atoms with Crippen molar-refractivity contribution in [1.29, 1.82) is 0 Å². The summed E-state index contributed by atoms with van der Waals surface area (Å²) in [5, 5.41) is 2.99. The maximum atomic E-state index is 12.0. The average Bonchev–Trinajstić information content (AvgIpc) is 2.88. The summed E-state index contributed by atoms with van der Waals surface area (Å²) >= 11 is 0. The monoisotopic (exact) mass is 232 g/mol. The van der Waals surface area contributed by atoms with Crippen LogP contribution in [0.1, 0.15) is 38.8 Å². The van der Waals surface area contributed by atoms with Crippen molar-refractivity contribution in [2.24, 2.45) is 17.1 Å². The number of hydrogen-bond donors (Lipinski definition) is 2. The van der Waals surface area contributed by atoms with Crippen molar-refractivity contribution >= 4 is 11.6 Å². The van der Waals surface area contributed by atoms with Crippen LogP contribution in [0.15, 0.2) is 24.3 Å². The number of amides is 1. The highest BCUT2D eigenvalue weighted by Crippen LogP contribution is 2.52. The molecule has 1 fully saturated rings. The number of hydrogen-bond acceptors (Lipinski definition) is 2. The van der Waals surface area contributed by atoms with Crippen LogP contribution in [-0.2, 0) is 4.79 Å². The summed E-state index contributed by atoms with van der Waals surface area (Å²) in [5.41, 5.74) is 7.87. The number of carbonyl (C=O) groups excluding carboxylic acids is 1. The number of rotatable bonds is 3. The lowest BCUT2D eigenvalue weighted by atomic mass is 10.1. The SMILES string of the molecule is CC(N)c1ccccc1NC(=O)C1CC1(C)C. The largest absolute Gasteiger partial charge is 0.326 e. The molecule has 1 aliphatic carbocycles. The summed E-state index contributed by atoms with van der Waals surface area (Å²) in [7, 11) is 0. The molecule has 1 saturated carbocycles. The highest BCUT2D eigenvalue weighted by Gasteiger charge is 2.50. The van der Waals surface area contributed by atoms with Crippen molar-refractivity contribution in [2.75, 3.05) is 5.32 Å². The first-order valence-electron chi connectivity index (χ1n) is 6.07. The van der Waals surface area contributed by atoms with Crippen LogP contribution in [0.25, 0.3) is 0 Å². The Morgan fingerprint density at radius 2 is 2.06 bits per heavy atom. The van der Waals surface area contributed by atoms with Gasteiger partial charge in [-0.25, -0.2) is 0 Å². The first-order valence-corrected chi connectivity index (χ1v) is 6.07. The number of nitrogens with one attached hydrogen (secondary N) is 1. The van der Waals surface area contributed by atoms with E-state index in [1.165, 1.54) is 0 Å². The van der Waals surface area contributed by atoms with E-state index in [4.69, 9.17) is 5.73 Å². The van der Waals surface area contributed by atoms with Gasteiger partial charge in [0.2, 0.25) is 5.91 Å². The minimum absolute atomic E-state index is 0.0706. The molecule has 0 saturated heterocycles. The predicted octanol–water partition coefficient (Wildman–Crippen LogP) is 2.69. The van der Waals surface area contributed by atoms with Gasteiger partial charge in [-0.3, -0.25) is 4.79 Å². The van der Waals surface area contributed by atoms with E-state index in [-0.39, 0.29) is 23.3 Å². The summed E-state index contributed by atoms with van der Waals surface area (Å²) in [6, 6.07) is 7.65. The highest BCUT2D eigenvalue weighted by atomic mass is 16.2. The number of anilines is 1. The number of carbonyl (C=O) groups is 1. The molecule has 2 atom stereocenters. The summed E-state index contributed by atoms with van der Waals surface area (Å²) in [4.78, 5) is 12.0. The van der Waals surface area contributed by atoms with E-state index in [1.54, 1.807) is 0 Å². The Morgan fingerprint density at radius 3 is 2.59 bits per heavy atom. The Bertz CT molecular complexity index is 438. The van der Waals surface area contributed by atoms with Gasteiger partial charge in [-0.15, -0.1) is 0 Å². The molecule has 1 aromatic carbocycles. The van der Waals surface area contributed by atoms with Gasteiger partial charge in [0.15, 0.2) is 0 Å².